The number of carbonyl (C=O) groups excluding carboxylic acids is 1. The van der Waals surface area contributed by atoms with Gasteiger partial charge in [0, 0.05) is 13.6 Å². The minimum absolute atomic E-state index is 0.0129. The maximum atomic E-state index is 12.7. The summed E-state index contributed by atoms with van der Waals surface area (Å²) in [6, 6.07) is 14.2. The van der Waals surface area contributed by atoms with E-state index in [-0.39, 0.29) is 5.91 Å². The number of rotatable bonds is 6. The number of hydrogen-bond acceptors (Lipinski definition) is 2. The summed E-state index contributed by atoms with van der Waals surface area (Å²) < 4.78 is 6.02. The van der Waals surface area contributed by atoms with Gasteiger partial charge in [0.15, 0.2) is 6.10 Å². The molecule has 0 aliphatic heterocycles. The summed E-state index contributed by atoms with van der Waals surface area (Å²) in [7, 11) is 1.83. The first-order valence-corrected chi connectivity index (χ1v) is 8.45. The number of likely N-dealkylation sites (N-methyl/N-ethyl adjacent to an activating group) is 1. The molecule has 0 fully saturated rings. The van der Waals surface area contributed by atoms with Crippen LogP contribution in [0.1, 0.15) is 35.6 Å². The monoisotopic (exact) mass is 325 g/mol. The van der Waals surface area contributed by atoms with E-state index in [0.717, 1.165) is 16.9 Å². The Labute approximate surface area is 145 Å². The van der Waals surface area contributed by atoms with E-state index in [9.17, 15) is 4.79 Å². The van der Waals surface area contributed by atoms with Gasteiger partial charge < -0.3 is 9.64 Å². The second kappa shape index (κ2) is 8.00. The minimum Gasteiger partial charge on any atom is -0.480 e. The van der Waals surface area contributed by atoms with E-state index < -0.39 is 6.10 Å². The predicted molar refractivity (Wildman–Crippen MR) is 98.3 cm³/mol. The first kappa shape index (κ1) is 18.1. The molecule has 3 heteroatoms. The fourth-order valence-corrected chi connectivity index (χ4v) is 2.60. The Kier molecular flexibility index (Phi) is 6.02. The van der Waals surface area contributed by atoms with E-state index in [0.29, 0.717) is 13.0 Å². The third kappa shape index (κ3) is 4.38. The van der Waals surface area contributed by atoms with Gasteiger partial charge in [0.05, 0.1) is 0 Å². The van der Waals surface area contributed by atoms with Crippen molar-refractivity contribution in [3.63, 3.8) is 0 Å². The maximum Gasteiger partial charge on any atom is 0.263 e. The van der Waals surface area contributed by atoms with Gasteiger partial charge in [0.25, 0.3) is 5.91 Å². The number of carbonyl (C=O) groups is 1. The third-order valence-electron chi connectivity index (χ3n) is 4.39. The predicted octanol–water partition coefficient (Wildman–Crippen LogP) is 4.43. The van der Waals surface area contributed by atoms with Gasteiger partial charge in [0.1, 0.15) is 5.75 Å². The topological polar surface area (TPSA) is 29.5 Å². The molecule has 128 valence electrons. The van der Waals surface area contributed by atoms with E-state index in [4.69, 9.17) is 4.74 Å². The zero-order valence-corrected chi connectivity index (χ0v) is 15.3. The number of aryl methyl sites for hydroxylation is 2. The SMILES string of the molecule is CC[C@H](Oc1cccc(C)c1C)C(=O)N(C)Cc1ccc(C)cc1. The molecule has 0 radical (unpaired) electrons. The van der Waals surface area contributed by atoms with Crippen LogP contribution in [0.3, 0.4) is 0 Å². The van der Waals surface area contributed by atoms with Crippen LogP contribution in [-0.4, -0.2) is 24.0 Å². The molecule has 0 bridgehead atoms. The van der Waals surface area contributed by atoms with Crippen molar-refractivity contribution >= 4 is 5.91 Å². The van der Waals surface area contributed by atoms with E-state index in [1.54, 1.807) is 4.90 Å². The quantitative estimate of drug-likeness (QED) is 0.786. The molecule has 0 heterocycles. The molecule has 1 atom stereocenters. The van der Waals surface area contributed by atoms with Crippen molar-refractivity contribution in [2.24, 2.45) is 0 Å². The van der Waals surface area contributed by atoms with Crippen molar-refractivity contribution in [3.05, 3.63) is 64.7 Å². The van der Waals surface area contributed by atoms with Crippen LogP contribution in [0.2, 0.25) is 0 Å². The Bertz CT molecular complexity index is 691. The molecule has 0 spiro atoms. The molecule has 0 aliphatic rings. The summed E-state index contributed by atoms with van der Waals surface area (Å²) in [6.07, 6.45) is 0.186. The molecular formula is C21H27NO2. The van der Waals surface area contributed by atoms with Crippen molar-refractivity contribution in [3.8, 4) is 5.75 Å². The molecular weight excluding hydrogens is 298 g/mol. The van der Waals surface area contributed by atoms with Gasteiger partial charge in [-0.25, -0.2) is 0 Å². The van der Waals surface area contributed by atoms with E-state index >= 15 is 0 Å². The van der Waals surface area contributed by atoms with Crippen molar-refractivity contribution < 1.29 is 9.53 Å². The number of hydrogen-bond donors (Lipinski definition) is 0. The average Bonchev–Trinajstić information content (AvgIpc) is 2.57. The second-order valence-electron chi connectivity index (χ2n) is 6.39. The fraction of sp³-hybridized carbons (Fsp3) is 0.381. The molecule has 0 unspecified atom stereocenters. The standard InChI is InChI=1S/C21H27NO2/c1-6-19(24-20-9-7-8-16(3)17(20)4)21(23)22(5)14-18-12-10-15(2)11-13-18/h7-13,19H,6,14H2,1-5H3/t19-/m0/s1. The van der Waals surface area contributed by atoms with Crippen molar-refractivity contribution in [2.45, 2.75) is 46.8 Å². The van der Waals surface area contributed by atoms with Crippen molar-refractivity contribution in [2.75, 3.05) is 7.05 Å². The Morgan fingerprint density at radius 2 is 1.75 bits per heavy atom. The highest BCUT2D eigenvalue weighted by Crippen LogP contribution is 2.23. The van der Waals surface area contributed by atoms with Crippen molar-refractivity contribution in [1.29, 1.82) is 0 Å². The average molecular weight is 325 g/mol. The first-order valence-electron chi connectivity index (χ1n) is 8.45. The summed E-state index contributed by atoms with van der Waals surface area (Å²) in [5, 5.41) is 0. The van der Waals surface area contributed by atoms with Crippen LogP contribution in [-0.2, 0) is 11.3 Å². The summed E-state index contributed by atoms with van der Waals surface area (Å²) in [5.41, 5.74) is 4.60. The van der Waals surface area contributed by atoms with Crippen LogP contribution in [0, 0.1) is 20.8 Å². The molecule has 2 aromatic rings. The Morgan fingerprint density at radius 1 is 1.08 bits per heavy atom. The lowest BCUT2D eigenvalue weighted by Crippen LogP contribution is -2.39. The fourth-order valence-electron chi connectivity index (χ4n) is 2.60. The largest absolute Gasteiger partial charge is 0.480 e. The number of benzene rings is 2. The Balaban J connectivity index is 2.07. The molecule has 2 aromatic carbocycles. The van der Waals surface area contributed by atoms with Gasteiger partial charge in [-0.05, 0) is 49.9 Å². The zero-order valence-electron chi connectivity index (χ0n) is 15.3. The summed E-state index contributed by atoms with van der Waals surface area (Å²) >= 11 is 0. The highest BCUT2D eigenvalue weighted by Gasteiger charge is 2.23. The van der Waals surface area contributed by atoms with Gasteiger partial charge in [-0.15, -0.1) is 0 Å². The summed E-state index contributed by atoms with van der Waals surface area (Å²) in [4.78, 5) is 14.5. The molecule has 1 amide bonds. The maximum absolute atomic E-state index is 12.7. The minimum atomic E-state index is -0.457. The summed E-state index contributed by atoms with van der Waals surface area (Å²) in [5.74, 6) is 0.804. The van der Waals surface area contributed by atoms with Gasteiger partial charge in [-0.2, -0.15) is 0 Å². The highest BCUT2D eigenvalue weighted by molar-refractivity contribution is 5.81. The van der Waals surface area contributed by atoms with Crippen LogP contribution in [0.5, 0.6) is 5.75 Å². The molecule has 0 N–H and O–H groups in total. The van der Waals surface area contributed by atoms with Gasteiger partial charge in [-0.3, -0.25) is 4.79 Å². The lowest BCUT2D eigenvalue weighted by atomic mass is 10.1. The summed E-state index contributed by atoms with van der Waals surface area (Å²) in [6.45, 7) is 8.70. The third-order valence-corrected chi connectivity index (χ3v) is 4.39. The smallest absolute Gasteiger partial charge is 0.263 e. The normalized spacial score (nSPS) is 11.9. The number of ether oxygens (including phenoxy) is 1. The van der Waals surface area contributed by atoms with Gasteiger partial charge >= 0.3 is 0 Å². The molecule has 0 saturated heterocycles. The van der Waals surface area contributed by atoms with Crippen LogP contribution < -0.4 is 4.74 Å². The molecule has 24 heavy (non-hydrogen) atoms. The van der Waals surface area contributed by atoms with Crippen LogP contribution >= 0.6 is 0 Å². The van der Waals surface area contributed by atoms with E-state index in [1.807, 2.05) is 33.0 Å². The molecule has 0 aliphatic carbocycles. The molecule has 3 nitrogen and oxygen atoms in total. The van der Waals surface area contributed by atoms with E-state index in [1.165, 1.54) is 11.1 Å². The first-order chi connectivity index (χ1) is 11.4. The molecule has 0 aromatic heterocycles. The van der Waals surface area contributed by atoms with Gasteiger partial charge in [-0.1, -0.05) is 48.9 Å². The zero-order chi connectivity index (χ0) is 17.7. The van der Waals surface area contributed by atoms with Gasteiger partial charge in [0.2, 0.25) is 0 Å². The van der Waals surface area contributed by atoms with Crippen LogP contribution in [0.25, 0.3) is 0 Å². The lowest BCUT2D eigenvalue weighted by molar-refractivity contribution is -0.138. The van der Waals surface area contributed by atoms with Crippen molar-refractivity contribution in [1.82, 2.24) is 4.90 Å². The Morgan fingerprint density at radius 3 is 2.38 bits per heavy atom. The van der Waals surface area contributed by atoms with Crippen LogP contribution in [0.15, 0.2) is 42.5 Å². The molecule has 0 saturated carbocycles. The molecule has 2 rings (SSSR count). The van der Waals surface area contributed by atoms with Crippen LogP contribution in [0.4, 0.5) is 0 Å². The second-order valence-corrected chi connectivity index (χ2v) is 6.39. The van der Waals surface area contributed by atoms with E-state index in [2.05, 4.69) is 44.2 Å². The lowest BCUT2D eigenvalue weighted by Gasteiger charge is -2.25. The Hall–Kier alpha value is -2.29. The highest BCUT2D eigenvalue weighted by atomic mass is 16.5. The number of nitrogens with zero attached hydrogens (tertiary/aromatic N) is 1. The number of amides is 1.